The second kappa shape index (κ2) is 6.06. The van der Waals surface area contributed by atoms with E-state index in [2.05, 4.69) is 15.1 Å². The van der Waals surface area contributed by atoms with Gasteiger partial charge in [-0.15, -0.1) is 10.2 Å². The molecule has 1 fully saturated rings. The first kappa shape index (κ1) is 15.0. The molecule has 0 radical (unpaired) electrons. The zero-order valence-corrected chi connectivity index (χ0v) is 13.0. The normalized spacial score (nSPS) is 20.2. The topological polar surface area (TPSA) is 85.2 Å². The fourth-order valence-corrected chi connectivity index (χ4v) is 2.86. The summed E-state index contributed by atoms with van der Waals surface area (Å²) in [5.41, 5.74) is 6.15. The highest BCUT2D eigenvalue weighted by Crippen LogP contribution is 2.29. The highest BCUT2D eigenvalue weighted by Gasteiger charge is 2.32. The lowest BCUT2D eigenvalue weighted by atomic mass is 10.1. The molecule has 22 heavy (non-hydrogen) atoms. The number of carbonyl (C=O) groups is 1. The van der Waals surface area contributed by atoms with Gasteiger partial charge in [-0.25, -0.2) is 0 Å². The molecule has 1 aliphatic heterocycles. The molecular weight excluding hydrogens is 304 g/mol. The van der Waals surface area contributed by atoms with Crippen LogP contribution in [0.2, 0.25) is 5.02 Å². The van der Waals surface area contributed by atoms with Gasteiger partial charge in [0.25, 0.3) is 0 Å². The Hall–Kier alpha value is -1.92. The van der Waals surface area contributed by atoms with Gasteiger partial charge in [-0.3, -0.25) is 9.69 Å². The summed E-state index contributed by atoms with van der Waals surface area (Å²) in [5.74, 6) is 0.618. The largest absolute Gasteiger partial charge is 0.419 e. The monoisotopic (exact) mass is 320 g/mol. The maximum Gasteiger partial charge on any atom is 0.247 e. The Bertz CT molecular complexity index is 688. The number of hydrogen-bond acceptors (Lipinski definition) is 5. The van der Waals surface area contributed by atoms with Gasteiger partial charge in [0.05, 0.1) is 12.0 Å². The van der Waals surface area contributed by atoms with E-state index in [0.29, 0.717) is 23.3 Å². The second-order valence-corrected chi connectivity index (χ2v) is 5.95. The van der Waals surface area contributed by atoms with Crippen molar-refractivity contribution in [2.75, 3.05) is 13.1 Å². The first-order valence-electron chi connectivity index (χ1n) is 7.17. The number of likely N-dealkylation sites (tertiary alicyclic amines) is 1. The SMILES string of the molecule is C[C@@H](c1nnc(-c2cccc(Cl)c2)o1)N1CC[C@@H](C(N)=O)C1. The van der Waals surface area contributed by atoms with Crippen molar-refractivity contribution >= 4 is 17.5 Å². The van der Waals surface area contributed by atoms with Crippen LogP contribution < -0.4 is 5.73 Å². The smallest absolute Gasteiger partial charge is 0.247 e. The summed E-state index contributed by atoms with van der Waals surface area (Å²) >= 11 is 5.97. The van der Waals surface area contributed by atoms with E-state index in [1.807, 2.05) is 19.1 Å². The van der Waals surface area contributed by atoms with Gasteiger partial charge >= 0.3 is 0 Å². The Morgan fingerprint density at radius 3 is 3.00 bits per heavy atom. The molecule has 2 N–H and O–H groups in total. The highest BCUT2D eigenvalue weighted by molar-refractivity contribution is 6.30. The number of amides is 1. The van der Waals surface area contributed by atoms with Gasteiger partial charge in [0, 0.05) is 17.1 Å². The number of nitrogens with two attached hydrogens (primary N) is 1. The van der Waals surface area contributed by atoms with E-state index in [0.717, 1.165) is 18.5 Å². The number of benzene rings is 1. The molecule has 7 heteroatoms. The van der Waals surface area contributed by atoms with Crippen molar-refractivity contribution in [1.82, 2.24) is 15.1 Å². The van der Waals surface area contributed by atoms with Crippen LogP contribution in [0.3, 0.4) is 0 Å². The van der Waals surface area contributed by atoms with E-state index in [-0.39, 0.29) is 17.9 Å². The molecule has 1 aliphatic rings. The summed E-state index contributed by atoms with van der Waals surface area (Å²) in [7, 11) is 0. The number of aromatic nitrogens is 2. The minimum atomic E-state index is -0.250. The minimum absolute atomic E-state index is 0.0511. The van der Waals surface area contributed by atoms with E-state index < -0.39 is 0 Å². The molecular formula is C15H17ClN4O2. The van der Waals surface area contributed by atoms with E-state index >= 15 is 0 Å². The van der Waals surface area contributed by atoms with E-state index in [4.69, 9.17) is 21.8 Å². The maximum atomic E-state index is 11.3. The van der Waals surface area contributed by atoms with Crippen molar-refractivity contribution < 1.29 is 9.21 Å². The molecule has 2 atom stereocenters. The number of hydrogen-bond donors (Lipinski definition) is 1. The first-order chi connectivity index (χ1) is 10.5. The van der Waals surface area contributed by atoms with Crippen LogP contribution >= 0.6 is 11.6 Å². The van der Waals surface area contributed by atoms with E-state index in [1.165, 1.54) is 0 Å². The molecule has 1 saturated heterocycles. The number of primary amides is 1. The Morgan fingerprint density at radius 1 is 1.50 bits per heavy atom. The van der Waals surface area contributed by atoms with E-state index in [9.17, 15) is 4.79 Å². The predicted octanol–water partition coefficient (Wildman–Crippen LogP) is 2.26. The molecule has 1 aromatic carbocycles. The van der Waals surface area contributed by atoms with Gasteiger partial charge in [-0.05, 0) is 38.1 Å². The summed E-state index contributed by atoms with van der Waals surface area (Å²) in [4.78, 5) is 13.4. The predicted molar refractivity (Wildman–Crippen MR) is 82.0 cm³/mol. The Morgan fingerprint density at radius 2 is 2.32 bits per heavy atom. The zero-order chi connectivity index (χ0) is 15.7. The van der Waals surface area contributed by atoms with Crippen molar-refractivity contribution in [2.24, 2.45) is 11.7 Å². The van der Waals surface area contributed by atoms with Gasteiger partial charge in [0.15, 0.2) is 0 Å². The van der Waals surface area contributed by atoms with Gasteiger partial charge in [-0.2, -0.15) is 0 Å². The van der Waals surface area contributed by atoms with Crippen LogP contribution in [0.5, 0.6) is 0 Å². The molecule has 0 unspecified atom stereocenters. The molecule has 0 spiro atoms. The standard InChI is InChI=1S/C15H17ClN4O2/c1-9(20-6-5-11(8-20)13(17)21)14-18-19-15(22-14)10-3-2-4-12(16)7-10/h2-4,7,9,11H,5-6,8H2,1H3,(H2,17,21)/t9-,11+/m0/s1. The lowest BCUT2D eigenvalue weighted by Crippen LogP contribution is -2.29. The quantitative estimate of drug-likeness (QED) is 0.934. The summed E-state index contributed by atoms with van der Waals surface area (Å²) < 4.78 is 5.76. The Balaban J connectivity index is 1.75. The van der Waals surface area contributed by atoms with Crippen molar-refractivity contribution in [3.8, 4) is 11.5 Å². The van der Waals surface area contributed by atoms with Gasteiger partial charge in [-0.1, -0.05) is 17.7 Å². The van der Waals surface area contributed by atoms with Crippen molar-refractivity contribution in [1.29, 1.82) is 0 Å². The van der Waals surface area contributed by atoms with Gasteiger partial charge in [0.1, 0.15) is 0 Å². The fourth-order valence-electron chi connectivity index (χ4n) is 2.67. The first-order valence-corrected chi connectivity index (χ1v) is 7.55. The lowest BCUT2D eigenvalue weighted by molar-refractivity contribution is -0.121. The Labute approximate surface area is 133 Å². The van der Waals surface area contributed by atoms with Gasteiger partial charge < -0.3 is 10.2 Å². The maximum absolute atomic E-state index is 11.3. The molecule has 2 aromatic rings. The lowest BCUT2D eigenvalue weighted by Gasteiger charge is -2.20. The summed E-state index contributed by atoms with van der Waals surface area (Å²) in [6, 6.07) is 7.22. The minimum Gasteiger partial charge on any atom is -0.419 e. The van der Waals surface area contributed by atoms with E-state index in [1.54, 1.807) is 12.1 Å². The van der Waals surface area contributed by atoms with Gasteiger partial charge in [0.2, 0.25) is 17.7 Å². The summed E-state index contributed by atoms with van der Waals surface area (Å²) in [5, 5.41) is 8.82. The number of carbonyl (C=O) groups excluding carboxylic acids is 1. The molecule has 6 nitrogen and oxygen atoms in total. The summed E-state index contributed by atoms with van der Waals surface area (Å²) in [6.07, 6.45) is 0.773. The Kier molecular flexibility index (Phi) is 4.13. The molecule has 1 amide bonds. The zero-order valence-electron chi connectivity index (χ0n) is 12.2. The third-order valence-electron chi connectivity index (χ3n) is 4.04. The average molecular weight is 321 g/mol. The third-order valence-corrected chi connectivity index (χ3v) is 4.27. The molecule has 1 aromatic heterocycles. The van der Waals surface area contributed by atoms with Crippen LogP contribution in [0, 0.1) is 5.92 Å². The van der Waals surface area contributed by atoms with Crippen molar-refractivity contribution in [3.63, 3.8) is 0 Å². The number of halogens is 1. The second-order valence-electron chi connectivity index (χ2n) is 5.51. The van der Waals surface area contributed by atoms with Crippen LogP contribution in [-0.2, 0) is 4.79 Å². The van der Waals surface area contributed by atoms with Crippen molar-refractivity contribution in [2.45, 2.75) is 19.4 Å². The third kappa shape index (κ3) is 2.98. The van der Waals surface area contributed by atoms with Crippen LogP contribution in [0.25, 0.3) is 11.5 Å². The number of rotatable bonds is 4. The molecule has 0 bridgehead atoms. The van der Waals surface area contributed by atoms with Crippen LogP contribution in [0.1, 0.15) is 25.3 Å². The highest BCUT2D eigenvalue weighted by atomic mass is 35.5. The molecule has 2 heterocycles. The molecule has 0 aliphatic carbocycles. The molecule has 3 rings (SSSR count). The fraction of sp³-hybridized carbons (Fsp3) is 0.400. The average Bonchev–Trinajstić information content (AvgIpc) is 3.16. The molecule has 116 valence electrons. The number of nitrogens with zero attached hydrogens (tertiary/aromatic N) is 3. The summed E-state index contributed by atoms with van der Waals surface area (Å²) in [6.45, 7) is 3.41. The van der Waals surface area contributed by atoms with Crippen LogP contribution in [-0.4, -0.2) is 34.1 Å². The molecule has 0 saturated carbocycles. The van der Waals surface area contributed by atoms with Crippen LogP contribution in [0.15, 0.2) is 28.7 Å². The van der Waals surface area contributed by atoms with Crippen LogP contribution in [0.4, 0.5) is 0 Å². The van der Waals surface area contributed by atoms with Crippen molar-refractivity contribution in [3.05, 3.63) is 35.2 Å².